The number of nitrogens with one attached hydrogen (secondary N) is 2. The summed E-state index contributed by atoms with van der Waals surface area (Å²) in [5.41, 5.74) is -0.325. The van der Waals surface area contributed by atoms with E-state index in [0.717, 1.165) is 19.4 Å². The van der Waals surface area contributed by atoms with Gasteiger partial charge in [0.1, 0.15) is 17.1 Å². The maximum absolute atomic E-state index is 13.5. The van der Waals surface area contributed by atoms with E-state index in [4.69, 9.17) is 4.74 Å². The molecule has 0 atom stereocenters. The lowest BCUT2D eigenvalue weighted by molar-refractivity contribution is 0.318. The van der Waals surface area contributed by atoms with Gasteiger partial charge in [-0.25, -0.2) is 18.2 Å². The van der Waals surface area contributed by atoms with Crippen LogP contribution in [0.15, 0.2) is 32.7 Å². The number of imidazole rings is 1. The molecule has 0 saturated carbocycles. The lowest BCUT2D eigenvalue weighted by atomic mass is 10.2. The molecule has 3 aromatic rings. The maximum Gasteiger partial charge on any atom is 0.330 e. The van der Waals surface area contributed by atoms with E-state index in [1.807, 2.05) is 20.9 Å². The normalized spacial score (nSPS) is 16.0. The molecule has 1 aliphatic heterocycles. The molecule has 2 N–H and O–H groups in total. The summed E-state index contributed by atoms with van der Waals surface area (Å²) in [5.74, 6) is 0.709. The highest BCUT2D eigenvalue weighted by Crippen LogP contribution is 2.33. The average Bonchev–Trinajstić information content (AvgIpc) is 3.16. The molecule has 11 nitrogen and oxygen atoms in total. The van der Waals surface area contributed by atoms with Crippen molar-refractivity contribution in [1.29, 1.82) is 0 Å². The third kappa shape index (κ3) is 5.04. The third-order valence-electron chi connectivity index (χ3n) is 6.06. The monoisotopic (exact) mass is 504 g/mol. The van der Waals surface area contributed by atoms with E-state index >= 15 is 0 Å². The first-order valence-corrected chi connectivity index (χ1v) is 13.4. The summed E-state index contributed by atoms with van der Waals surface area (Å²) in [5, 5.41) is 0. The molecule has 1 saturated heterocycles. The van der Waals surface area contributed by atoms with Crippen LogP contribution in [0.5, 0.6) is 5.75 Å². The van der Waals surface area contributed by atoms with Gasteiger partial charge < -0.3 is 14.6 Å². The number of sulfonamides is 1. The minimum atomic E-state index is -3.75. The third-order valence-corrected chi connectivity index (χ3v) is 7.96. The van der Waals surface area contributed by atoms with Crippen LogP contribution in [-0.4, -0.2) is 77.0 Å². The first-order chi connectivity index (χ1) is 16.8. The number of ether oxygens (including phenoxy) is 1. The van der Waals surface area contributed by atoms with Gasteiger partial charge in [-0.2, -0.15) is 4.31 Å². The number of likely N-dealkylation sites (N-methyl/N-ethyl adjacent to an activating group) is 1. The molecule has 0 radical (unpaired) electrons. The highest BCUT2D eigenvalue weighted by Gasteiger charge is 2.28. The minimum Gasteiger partial charge on any atom is -0.493 e. The van der Waals surface area contributed by atoms with Crippen molar-refractivity contribution in [3.05, 3.63) is 39.0 Å². The fourth-order valence-corrected chi connectivity index (χ4v) is 5.70. The lowest BCUT2D eigenvalue weighted by Crippen LogP contribution is -2.34. The van der Waals surface area contributed by atoms with Gasteiger partial charge in [-0.1, -0.05) is 13.8 Å². The Morgan fingerprint density at radius 1 is 1.06 bits per heavy atom. The number of hydrogen-bond acceptors (Lipinski definition) is 7. The Kier molecular flexibility index (Phi) is 7.43. The highest BCUT2D eigenvalue weighted by molar-refractivity contribution is 7.89. The molecule has 0 spiro atoms. The van der Waals surface area contributed by atoms with E-state index in [0.29, 0.717) is 50.5 Å². The second-order valence-corrected chi connectivity index (χ2v) is 10.7. The van der Waals surface area contributed by atoms with Gasteiger partial charge in [-0.05, 0) is 51.1 Å². The summed E-state index contributed by atoms with van der Waals surface area (Å²) in [6.07, 6.45) is 2.19. The van der Waals surface area contributed by atoms with Crippen molar-refractivity contribution in [1.82, 2.24) is 28.7 Å². The number of H-pyrrole nitrogens is 2. The van der Waals surface area contributed by atoms with E-state index in [2.05, 4.69) is 19.9 Å². The molecule has 4 rings (SSSR count). The number of aromatic amines is 2. The predicted octanol–water partition coefficient (Wildman–Crippen LogP) is 1.60. The molecule has 2 aromatic heterocycles. The zero-order valence-corrected chi connectivity index (χ0v) is 21.2. The standard InChI is InChI=1S/C23H32N6O5S/c1-4-9-29-21-19(22(30)26-23(29)31)24-20(25-21)17-15-16(7-8-18(17)34-14-5-2)35(32,33)28-11-6-10-27(3)12-13-28/h7-8,15H,4-6,9-14H2,1-3H3,(H,24,25)(H,26,30,31). The second-order valence-electron chi connectivity index (χ2n) is 8.76. The molecule has 1 aliphatic rings. The van der Waals surface area contributed by atoms with Crippen LogP contribution in [0.3, 0.4) is 0 Å². The largest absolute Gasteiger partial charge is 0.493 e. The maximum atomic E-state index is 13.5. The van der Waals surface area contributed by atoms with Gasteiger partial charge >= 0.3 is 5.69 Å². The Bertz CT molecular complexity index is 1420. The van der Waals surface area contributed by atoms with Crippen molar-refractivity contribution in [3.8, 4) is 17.1 Å². The Balaban J connectivity index is 1.84. The summed E-state index contributed by atoms with van der Waals surface area (Å²) in [6.45, 7) is 7.05. The molecular weight excluding hydrogens is 472 g/mol. The van der Waals surface area contributed by atoms with Gasteiger partial charge in [0.05, 0.1) is 17.1 Å². The lowest BCUT2D eigenvalue weighted by Gasteiger charge is -2.21. The predicted molar refractivity (Wildman–Crippen MR) is 133 cm³/mol. The molecule has 0 aliphatic carbocycles. The van der Waals surface area contributed by atoms with Crippen molar-refractivity contribution in [2.45, 2.75) is 44.6 Å². The van der Waals surface area contributed by atoms with Crippen LogP contribution in [0.1, 0.15) is 33.1 Å². The minimum absolute atomic E-state index is 0.126. The van der Waals surface area contributed by atoms with Gasteiger partial charge in [0.25, 0.3) is 5.56 Å². The summed E-state index contributed by atoms with van der Waals surface area (Å²) in [6, 6.07) is 4.70. The molecule has 0 amide bonds. The van der Waals surface area contributed by atoms with Crippen LogP contribution in [0.25, 0.3) is 22.6 Å². The zero-order chi connectivity index (χ0) is 25.2. The Morgan fingerprint density at radius 3 is 2.60 bits per heavy atom. The quantitative estimate of drug-likeness (QED) is 0.476. The number of hydrogen-bond donors (Lipinski definition) is 2. The van der Waals surface area contributed by atoms with Crippen LogP contribution >= 0.6 is 0 Å². The number of benzene rings is 1. The van der Waals surface area contributed by atoms with Crippen LogP contribution < -0.4 is 16.0 Å². The van der Waals surface area contributed by atoms with Gasteiger partial charge in [0, 0.05) is 26.2 Å². The van der Waals surface area contributed by atoms with Gasteiger partial charge in [-0.3, -0.25) is 14.3 Å². The number of aromatic nitrogens is 4. The van der Waals surface area contributed by atoms with E-state index in [1.54, 1.807) is 12.1 Å². The van der Waals surface area contributed by atoms with Gasteiger partial charge in [0.15, 0.2) is 5.65 Å². The van der Waals surface area contributed by atoms with Crippen molar-refractivity contribution in [2.75, 3.05) is 39.8 Å². The van der Waals surface area contributed by atoms with Crippen LogP contribution in [0.4, 0.5) is 0 Å². The molecule has 0 bridgehead atoms. The van der Waals surface area contributed by atoms with E-state index in [-0.39, 0.29) is 21.9 Å². The molecule has 12 heteroatoms. The summed E-state index contributed by atoms with van der Waals surface area (Å²) in [4.78, 5) is 36.9. The zero-order valence-electron chi connectivity index (χ0n) is 20.3. The molecule has 1 aromatic carbocycles. The van der Waals surface area contributed by atoms with Gasteiger partial charge in [0.2, 0.25) is 10.0 Å². The van der Waals surface area contributed by atoms with Crippen molar-refractivity contribution < 1.29 is 13.2 Å². The fourth-order valence-electron chi connectivity index (χ4n) is 4.20. The van der Waals surface area contributed by atoms with Crippen LogP contribution in [0, 0.1) is 0 Å². The molecule has 35 heavy (non-hydrogen) atoms. The number of rotatable bonds is 8. The Labute approximate surface area is 203 Å². The highest BCUT2D eigenvalue weighted by atomic mass is 32.2. The van der Waals surface area contributed by atoms with E-state index in [9.17, 15) is 18.0 Å². The molecular formula is C23H32N6O5S. The number of nitrogens with zero attached hydrogens (tertiary/aromatic N) is 4. The molecule has 190 valence electrons. The first kappa shape index (κ1) is 25.1. The summed E-state index contributed by atoms with van der Waals surface area (Å²) >= 11 is 0. The topological polar surface area (TPSA) is 133 Å². The molecule has 1 fully saturated rings. The second kappa shape index (κ2) is 10.3. The van der Waals surface area contributed by atoms with Crippen LogP contribution in [0.2, 0.25) is 0 Å². The number of aryl methyl sites for hydroxylation is 1. The fraction of sp³-hybridized carbons (Fsp3) is 0.522. The van der Waals surface area contributed by atoms with Crippen molar-refractivity contribution in [2.24, 2.45) is 0 Å². The molecule has 0 unspecified atom stereocenters. The van der Waals surface area contributed by atoms with E-state index in [1.165, 1.54) is 14.9 Å². The Hall–Kier alpha value is -2.96. The SMILES string of the molecule is CCCOc1ccc(S(=O)(=O)N2CCCN(C)CC2)cc1-c1nc2c([nH]1)c(=O)[nH]c(=O)n2CCC. The number of fused-ring (bicyclic) bond motifs is 1. The van der Waals surface area contributed by atoms with Gasteiger partial charge in [-0.15, -0.1) is 0 Å². The summed E-state index contributed by atoms with van der Waals surface area (Å²) in [7, 11) is -1.77. The van der Waals surface area contributed by atoms with Crippen LogP contribution in [-0.2, 0) is 16.6 Å². The molecule has 3 heterocycles. The smallest absolute Gasteiger partial charge is 0.330 e. The van der Waals surface area contributed by atoms with E-state index < -0.39 is 21.3 Å². The summed E-state index contributed by atoms with van der Waals surface area (Å²) < 4.78 is 35.8. The Morgan fingerprint density at radius 2 is 1.86 bits per heavy atom. The van der Waals surface area contributed by atoms with Crippen molar-refractivity contribution >= 4 is 21.2 Å². The van der Waals surface area contributed by atoms with Crippen molar-refractivity contribution in [3.63, 3.8) is 0 Å². The first-order valence-electron chi connectivity index (χ1n) is 11.9. The average molecular weight is 505 g/mol.